The number of aromatic nitrogens is 2. The van der Waals surface area contributed by atoms with E-state index < -0.39 is 0 Å². The lowest BCUT2D eigenvalue weighted by atomic mass is 10.2. The third kappa shape index (κ3) is 6.42. The second kappa shape index (κ2) is 11.3. The minimum absolute atomic E-state index is 0.0999. The van der Waals surface area contributed by atoms with Gasteiger partial charge in [0.2, 0.25) is 5.91 Å². The van der Waals surface area contributed by atoms with E-state index in [0.717, 1.165) is 62.5 Å². The maximum Gasteiger partial charge on any atom is 0.244 e. The van der Waals surface area contributed by atoms with Crippen molar-refractivity contribution in [3.63, 3.8) is 0 Å². The van der Waals surface area contributed by atoms with Crippen molar-refractivity contribution in [3.05, 3.63) is 58.4 Å². The van der Waals surface area contributed by atoms with Crippen LogP contribution >= 0.6 is 11.6 Å². The molecule has 30 heavy (non-hydrogen) atoms. The number of amides is 1. The summed E-state index contributed by atoms with van der Waals surface area (Å²) in [4.78, 5) is 17.1. The molecule has 2 heterocycles. The van der Waals surface area contributed by atoms with Gasteiger partial charge in [-0.1, -0.05) is 48.9 Å². The number of aryl methyl sites for hydroxylation is 1. The van der Waals surface area contributed by atoms with E-state index in [2.05, 4.69) is 27.1 Å². The number of nitrogens with one attached hydrogen (secondary N) is 1. The third-order valence-electron chi connectivity index (χ3n) is 5.55. The molecule has 0 aliphatic carbocycles. The molecule has 0 bridgehead atoms. The first-order valence-corrected chi connectivity index (χ1v) is 11.1. The highest BCUT2D eigenvalue weighted by Crippen LogP contribution is 2.22. The van der Waals surface area contributed by atoms with Crippen LogP contribution in [0.2, 0.25) is 5.15 Å². The van der Waals surface area contributed by atoms with Gasteiger partial charge in [0.05, 0.1) is 12.2 Å². The maximum absolute atomic E-state index is 12.2. The largest absolute Gasteiger partial charge is 0.353 e. The van der Waals surface area contributed by atoms with Gasteiger partial charge in [0.15, 0.2) is 0 Å². The molecule has 1 aromatic heterocycles. The molecule has 1 fully saturated rings. The van der Waals surface area contributed by atoms with Crippen molar-refractivity contribution in [2.75, 3.05) is 45.8 Å². The van der Waals surface area contributed by atoms with Crippen molar-refractivity contribution in [2.45, 2.75) is 26.8 Å². The van der Waals surface area contributed by atoms with Gasteiger partial charge in [0, 0.05) is 44.4 Å². The summed E-state index contributed by atoms with van der Waals surface area (Å²) in [6.45, 7) is 12.1. The van der Waals surface area contributed by atoms with E-state index >= 15 is 0 Å². The van der Waals surface area contributed by atoms with Crippen LogP contribution in [0.3, 0.4) is 0 Å². The Morgan fingerprint density at radius 1 is 1.17 bits per heavy atom. The summed E-state index contributed by atoms with van der Waals surface area (Å²) < 4.78 is 1.77. The molecule has 0 radical (unpaired) electrons. The Hall–Kier alpha value is -2.15. The number of carbonyl (C=O) groups is 1. The number of likely N-dealkylation sites (N-methyl/N-ethyl adjacent to an activating group) is 1. The lowest BCUT2D eigenvalue weighted by Crippen LogP contribution is -2.46. The average Bonchev–Trinajstić information content (AvgIpc) is 3.03. The zero-order chi connectivity index (χ0) is 21.3. The molecule has 1 N–H and O–H groups in total. The van der Waals surface area contributed by atoms with Gasteiger partial charge < -0.3 is 15.1 Å². The number of hydrogen-bond acceptors (Lipinski definition) is 4. The summed E-state index contributed by atoms with van der Waals surface area (Å²) in [5, 5.41) is 8.03. The Bertz CT molecular complexity index is 841. The average molecular weight is 430 g/mol. The molecule has 162 valence electrons. The van der Waals surface area contributed by atoms with Crippen LogP contribution in [0.4, 0.5) is 0 Å². The lowest BCUT2D eigenvalue weighted by Gasteiger charge is -2.33. The normalized spacial score (nSPS) is 15.7. The predicted octanol–water partition coefficient (Wildman–Crippen LogP) is 3.05. The van der Waals surface area contributed by atoms with Gasteiger partial charge in [-0.3, -0.25) is 4.79 Å². The number of nitrogens with zero attached hydrogens (tertiary/aromatic N) is 4. The standard InChI is InChI=1S/C23H32ClN5O/c1-3-27-14-16-28(17-15-27)13-7-12-25-22(30)11-10-21-19(2)26-29(23(21)24)18-20-8-5-4-6-9-20/h4-6,8-11H,3,7,12-18H2,1-2H3,(H,25,30)/b11-10+. The van der Waals surface area contributed by atoms with Gasteiger partial charge in [-0.2, -0.15) is 5.10 Å². The topological polar surface area (TPSA) is 53.4 Å². The van der Waals surface area contributed by atoms with Crippen molar-refractivity contribution < 1.29 is 4.79 Å². The molecule has 6 nitrogen and oxygen atoms in total. The first-order chi connectivity index (χ1) is 14.6. The maximum atomic E-state index is 12.2. The van der Waals surface area contributed by atoms with E-state index in [4.69, 9.17) is 11.6 Å². The number of carbonyl (C=O) groups excluding carboxylic acids is 1. The minimum Gasteiger partial charge on any atom is -0.353 e. The number of halogens is 1. The lowest BCUT2D eigenvalue weighted by molar-refractivity contribution is -0.116. The molecule has 7 heteroatoms. The van der Waals surface area contributed by atoms with Gasteiger partial charge in [-0.25, -0.2) is 4.68 Å². The molecule has 0 saturated carbocycles. The first kappa shape index (κ1) is 22.5. The zero-order valence-electron chi connectivity index (χ0n) is 18.0. The van der Waals surface area contributed by atoms with Gasteiger partial charge >= 0.3 is 0 Å². The number of hydrogen-bond donors (Lipinski definition) is 1. The second-order valence-electron chi connectivity index (χ2n) is 7.69. The van der Waals surface area contributed by atoms with Crippen LogP contribution in [-0.2, 0) is 11.3 Å². The van der Waals surface area contributed by atoms with Crippen LogP contribution in [0, 0.1) is 6.92 Å². The summed E-state index contributed by atoms with van der Waals surface area (Å²) in [5.74, 6) is -0.0999. The number of rotatable bonds is 9. The van der Waals surface area contributed by atoms with Crippen LogP contribution in [0.1, 0.15) is 30.2 Å². The van der Waals surface area contributed by atoms with Gasteiger partial charge in [0.1, 0.15) is 5.15 Å². The molecule has 2 aromatic rings. The van der Waals surface area contributed by atoms with Gasteiger partial charge in [0.25, 0.3) is 0 Å². The molecular weight excluding hydrogens is 398 g/mol. The second-order valence-corrected chi connectivity index (χ2v) is 8.04. The first-order valence-electron chi connectivity index (χ1n) is 10.7. The molecule has 0 spiro atoms. The Kier molecular flexibility index (Phi) is 8.49. The monoisotopic (exact) mass is 429 g/mol. The molecular formula is C23H32ClN5O. The number of benzene rings is 1. The molecule has 0 atom stereocenters. The van der Waals surface area contributed by atoms with E-state index in [1.54, 1.807) is 16.8 Å². The van der Waals surface area contributed by atoms with Crippen LogP contribution in [0.15, 0.2) is 36.4 Å². The van der Waals surface area contributed by atoms with Crippen molar-refractivity contribution in [1.29, 1.82) is 0 Å². The molecule has 1 aromatic carbocycles. The SMILES string of the molecule is CCN1CCN(CCCNC(=O)/C=C/c2c(C)nn(Cc3ccccc3)c2Cl)CC1. The predicted molar refractivity (Wildman–Crippen MR) is 123 cm³/mol. The summed E-state index contributed by atoms with van der Waals surface area (Å²) in [6, 6.07) is 10.1. The van der Waals surface area contributed by atoms with E-state index in [9.17, 15) is 4.79 Å². The summed E-state index contributed by atoms with van der Waals surface area (Å²) >= 11 is 6.51. The molecule has 1 amide bonds. The molecule has 1 aliphatic rings. The van der Waals surface area contributed by atoms with E-state index in [1.165, 1.54) is 0 Å². The van der Waals surface area contributed by atoms with Crippen LogP contribution < -0.4 is 5.32 Å². The van der Waals surface area contributed by atoms with Crippen molar-refractivity contribution in [3.8, 4) is 0 Å². The van der Waals surface area contributed by atoms with Crippen molar-refractivity contribution >= 4 is 23.6 Å². The fourth-order valence-electron chi connectivity index (χ4n) is 3.68. The quantitative estimate of drug-likeness (QED) is 0.491. The highest BCUT2D eigenvalue weighted by molar-refractivity contribution is 6.31. The molecule has 1 saturated heterocycles. The Labute approximate surface area is 184 Å². The molecule has 1 aliphatic heterocycles. The smallest absolute Gasteiger partial charge is 0.244 e. The third-order valence-corrected chi connectivity index (χ3v) is 5.95. The van der Waals surface area contributed by atoms with Crippen LogP contribution in [0.25, 0.3) is 6.08 Å². The van der Waals surface area contributed by atoms with E-state index in [-0.39, 0.29) is 5.91 Å². The van der Waals surface area contributed by atoms with Crippen molar-refractivity contribution in [2.24, 2.45) is 0 Å². The Morgan fingerprint density at radius 2 is 1.87 bits per heavy atom. The zero-order valence-corrected chi connectivity index (χ0v) is 18.7. The minimum atomic E-state index is -0.0999. The van der Waals surface area contributed by atoms with Crippen molar-refractivity contribution in [1.82, 2.24) is 24.9 Å². The van der Waals surface area contributed by atoms with Gasteiger partial charge in [-0.05, 0) is 38.1 Å². The fourth-order valence-corrected chi connectivity index (χ4v) is 3.98. The van der Waals surface area contributed by atoms with E-state index in [0.29, 0.717) is 18.2 Å². The Morgan fingerprint density at radius 3 is 2.57 bits per heavy atom. The summed E-state index contributed by atoms with van der Waals surface area (Å²) in [7, 11) is 0. The van der Waals surface area contributed by atoms with Crippen LogP contribution in [-0.4, -0.2) is 71.3 Å². The molecule has 3 rings (SSSR count). The van der Waals surface area contributed by atoms with Crippen LogP contribution in [0.5, 0.6) is 0 Å². The van der Waals surface area contributed by atoms with Gasteiger partial charge in [-0.15, -0.1) is 0 Å². The molecule has 0 unspecified atom stereocenters. The summed E-state index contributed by atoms with van der Waals surface area (Å²) in [5.41, 5.74) is 2.73. The fraction of sp³-hybridized carbons (Fsp3) is 0.478. The van der Waals surface area contributed by atoms with E-state index in [1.807, 2.05) is 37.3 Å². The highest BCUT2D eigenvalue weighted by Gasteiger charge is 2.15. The Balaban J connectivity index is 1.43. The number of piperazine rings is 1. The highest BCUT2D eigenvalue weighted by atomic mass is 35.5. The summed E-state index contributed by atoms with van der Waals surface area (Å²) in [6.07, 6.45) is 4.26.